The van der Waals surface area contributed by atoms with E-state index in [1.54, 1.807) is 0 Å². The van der Waals surface area contributed by atoms with Gasteiger partial charge in [-0.05, 0) is 48.9 Å². The van der Waals surface area contributed by atoms with E-state index >= 15 is 0 Å². The SMILES string of the molecule is CC(NC(=O)COC(=O)CCC(=O)c1ccc(F)cc1)c1ccc(Br)cc1. The fourth-order valence-corrected chi connectivity index (χ4v) is 2.60. The number of amides is 1. The van der Waals surface area contributed by atoms with Crippen molar-refractivity contribution in [3.05, 3.63) is 69.9 Å². The summed E-state index contributed by atoms with van der Waals surface area (Å²) < 4.78 is 18.7. The number of carbonyl (C=O) groups excluding carboxylic acids is 3. The summed E-state index contributed by atoms with van der Waals surface area (Å²) >= 11 is 3.34. The Hall–Kier alpha value is -2.54. The van der Waals surface area contributed by atoms with Crippen LogP contribution in [0, 0.1) is 5.82 Å². The molecule has 1 unspecified atom stereocenters. The molecule has 2 aromatic carbocycles. The Bertz CT molecular complexity index is 806. The van der Waals surface area contributed by atoms with Gasteiger partial charge in [-0.1, -0.05) is 28.1 Å². The van der Waals surface area contributed by atoms with Crippen molar-refractivity contribution in [1.82, 2.24) is 5.32 Å². The summed E-state index contributed by atoms with van der Waals surface area (Å²) in [6, 6.07) is 12.4. The Morgan fingerprint density at radius 1 is 1.04 bits per heavy atom. The third-order valence-corrected chi connectivity index (χ3v) is 4.36. The third-order valence-electron chi connectivity index (χ3n) is 3.83. The van der Waals surface area contributed by atoms with Gasteiger partial charge in [-0.3, -0.25) is 14.4 Å². The van der Waals surface area contributed by atoms with Gasteiger partial charge in [-0.25, -0.2) is 4.39 Å². The summed E-state index contributed by atoms with van der Waals surface area (Å²) in [6.07, 6.45) is -0.215. The van der Waals surface area contributed by atoms with Crippen molar-refractivity contribution in [1.29, 1.82) is 0 Å². The van der Waals surface area contributed by atoms with Crippen molar-refractivity contribution in [3.63, 3.8) is 0 Å². The summed E-state index contributed by atoms with van der Waals surface area (Å²) in [7, 11) is 0. The Morgan fingerprint density at radius 3 is 2.30 bits per heavy atom. The maximum atomic E-state index is 12.8. The maximum Gasteiger partial charge on any atom is 0.306 e. The second kappa shape index (κ2) is 9.97. The van der Waals surface area contributed by atoms with Crippen LogP contribution in [-0.2, 0) is 14.3 Å². The summed E-state index contributed by atoms with van der Waals surface area (Å²) in [5.41, 5.74) is 1.24. The first-order chi connectivity index (χ1) is 12.8. The van der Waals surface area contributed by atoms with Crippen LogP contribution >= 0.6 is 15.9 Å². The first-order valence-electron chi connectivity index (χ1n) is 8.34. The van der Waals surface area contributed by atoms with Crippen LogP contribution < -0.4 is 5.32 Å². The zero-order valence-electron chi connectivity index (χ0n) is 14.7. The number of carbonyl (C=O) groups is 3. The Morgan fingerprint density at radius 2 is 1.67 bits per heavy atom. The van der Waals surface area contributed by atoms with Crippen LogP contribution in [0.4, 0.5) is 4.39 Å². The highest BCUT2D eigenvalue weighted by Crippen LogP contribution is 2.16. The highest BCUT2D eigenvalue weighted by Gasteiger charge is 2.14. The van der Waals surface area contributed by atoms with Crippen molar-refractivity contribution in [3.8, 4) is 0 Å². The zero-order chi connectivity index (χ0) is 19.8. The summed E-state index contributed by atoms with van der Waals surface area (Å²) in [4.78, 5) is 35.5. The van der Waals surface area contributed by atoms with Crippen LogP contribution in [-0.4, -0.2) is 24.3 Å². The summed E-state index contributed by atoms with van der Waals surface area (Å²) in [5, 5.41) is 2.73. The number of esters is 1. The number of ether oxygens (including phenoxy) is 1. The fourth-order valence-electron chi connectivity index (χ4n) is 2.33. The van der Waals surface area contributed by atoms with E-state index in [4.69, 9.17) is 4.74 Å². The number of hydrogen-bond donors (Lipinski definition) is 1. The molecule has 1 N–H and O–H groups in total. The molecule has 27 heavy (non-hydrogen) atoms. The average molecular weight is 436 g/mol. The molecular weight excluding hydrogens is 417 g/mol. The average Bonchev–Trinajstić information content (AvgIpc) is 2.65. The number of Topliss-reactive ketones (excluding diaryl/α,β-unsaturated/α-hetero) is 1. The maximum absolute atomic E-state index is 12.8. The Kier molecular flexibility index (Phi) is 7.67. The monoisotopic (exact) mass is 435 g/mol. The van der Waals surface area contributed by atoms with E-state index in [0.717, 1.165) is 10.0 Å². The van der Waals surface area contributed by atoms with E-state index in [1.807, 2.05) is 31.2 Å². The molecule has 0 heterocycles. The van der Waals surface area contributed by atoms with Gasteiger partial charge in [0.1, 0.15) is 5.82 Å². The number of nitrogens with one attached hydrogen (secondary N) is 1. The second-order valence-corrected chi connectivity index (χ2v) is 6.85. The molecule has 0 aliphatic heterocycles. The van der Waals surface area contributed by atoms with Gasteiger partial charge >= 0.3 is 5.97 Å². The highest BCUT2D eigenvalue weighted by molar-refractivity contribution is 9.10. The second-order valence-electron chi connectivity index (χ2n) is 5.93. The van der Waals surface area contributed by atoms with E-state index in [9.17, 15) is 18.8 Å². The molecule has 0 aliphatic carbocycles. The number of halogens is 2. The zero-order valence-corrected chi connectivity index (χ0v) is 16.3. The van der Waals surface area contributed by atoms with Crippen LogP contribution in [0.25, 0.3) is 0 Å². The molecule has 0 saturated heterocycles. The van der Waals surface area contributed by atoms with Crippen molar-refractivity contribution in [2.24, 2.45) is 0 Å². The first-order valence-corrected chi connectivity index (χ1v) is 9.13. The van der Waals surface area contributed by atoms with Gasteiger partial charge in [-0.2, -0.15) is 0 Å². The highest BCUT2D eigenvalue weighted by atomic mass is 79.9. The predicted octanol–water partition coefficient (Wildman–Crippen LogP) is 3.97. The van der Waals surface area contributed by atoms with E-state index in [2.05, 4.69) is 21.2 Å². The molecule has 0 aromatic heterocycles. The number of hydrogen-bond acceptors (Lipinski definition) is 4. The van der Waals surface area contributed by atoms with Gasteiger partial charge < -0.3 is 10.1 Å². The lowest BCUT2D eigenvalue weighted by Gasteiger charge is -2.14. The molecule has 0 spiro atoms. The van der Waals surface area contributed by atoms with E-state index in [-0.39, 0.29) is 24.7 Å². The quantitative estimate of drug-likeness (QED) is 0.502. The minimum Gasteiger partial charge on any atom is -0.456 e. The molecule has 7 heteroatoms. The lowest BCUT2D eigenvalue weighted by Crippen LogP contribution is -2.31. The van der Waals surface area contributed by atoms with Crippen LogP contribution in [0.15, 0.2) is 53.0 Å². The number of benzene rings is 2. The lowest BCUT2D eigenvalue weighted by atomic mass is 10.1. The third kappa shape index (κ3) is 6.94. The van der Waals surface area contributed by atoms with Crippen LogP contribution in [0.2, 0.25) is 0 Å². The molecule has 1 amide bonds. The molecule has 2 rings (SSSR count). The normalized spacial score (nSPS) is 11.5. The van der Waals surface area contributed by atoms with Crippen molar-refractivity contribution in [2.45, 2.75) is 25.8 Å². The molecule has 0 aliphatic rings. The van der Waals surface area contributed by atoms with E-state index in [1.165, 1.54) is 24.3 Å². The van der Waals surface area contributed by atoms with Crippen molar-refractivity contribution < 1.29 is 23.5 Å². The molecule has 142 valence electrons. The van der Waals surface area contributed by atoms with Gasteiger partial charge in [0.2, 0.25) is 0 Å². The first kappa shape index (κ1) is 20.8. The minimum atomic E-state index is -0.642. The van der Waals surface area contributed by atoms with Gasteiger partial charge in [0, 0.05) is 16.5 Å². The minimum absolute atomic E-state index is 0.0681. The largest absolute Gasteiger partial charge is 0.456 e. The molecule has 2 aromatic rings. The Balaban J connectivity index is 1.71. The summed E-state index contributed by atoms with van der Waals surface area (Å²) in [5.74, 6) is -1.80. The topological polar surface area (TPSA) is 72.5 Å². The molecule has 5 nitrogen and oxygen atoms in total. The lowest BCUT2D eigenvalue weighted by molar-refractivity contribution is -0.148. The molecule has 0 saturated carbocycles. The Labute approximate surface area is 165 Å². The van der Waals surface area contributed by atoms with Gasteiger partial charge in [0.25, 0.3) is 5.91 Å². The number of rotatable bonds is 8. The van der Waals surface area contributed by atoms with Crippen LogP contribution in [0.1, 0.15) is 41.7 Å². The number of ketones is 1. The predicted molar refractivity (Wildman–Crippen MR) is 102 cm³/mol. The molecular formula is C20H19BrFNO4. The molecule has 1 atom stereocenters. The fraction of sp³-hybridized carbons (Fsp3) is 0.250. The van der Waals surface area contributed by atoms with Crippen molar-refractivity contribution >= 4 is 33.6 Å². The van der Waals surface area contributed by atoms with Gasteiger partial charge in [0.05, 0.1) is 12.5 Å². The van der Waals surface area contributed by atoms with E-state index in [0.29, 0.717) is 5.56 Å². The van der Waals surface area contributed by atoms with Crippen LogP contribution in [0.5, 0.6) is 0 Å². The summed E-state index contributed by atoms with van der Waals surface area (Å²) in [6.45, 7) is 1.41. The smallest absolute Gasteiger partial charge is 0.306 e. The van der Waals surface area contributed by atoms with Crippen LogP contribution in [0.3, 0.4) is 0 Å². The van der Waals surface area contributed by atoms with Gasteiger partial charge in [0.15, 0.2) is 12.4 Å². The van der Waals surface area contributed by atoms with Gasteiger partial charge in [-0.15, -0.1) is 0 Å². The molecule has 0 fully saturated rings. The van der Waals surface area contributed by atoms with E-state index < -0.39 is 24.3 Å². The molecule has 0 bridgehead atoms. The molecule has 0 radical (unpaired) electrons. The standard InChI is InChI=1S/C20H19BrFNO4/c1-13(14-2-6-16(21)7-3-14)23-19(25)12-27-20(26)11-10-18(24)15-4-8-17(22)9-5-15/h2-9,13H,10-12H2,1H3,(H,23,25). The van der Waals surface area contributed by atoms with Crippen molar-refractivity contribution in [2.75, 3.05) is 6.61 Å².